The SMILES string of the molecule is CCN1CCN(C(=O)NC(C)C(=O)O)C(=O)C1=O. The molecule has 1 aliphatic heterocycles. The molecule has 0 aromatic rings. The summed E-state index contributed by atoms with van der Waals surface area (Å²) in [7, 11) is 0. The highest BCUT2D eigenvalue weighted by atomic mass is 16.4. The summed E-state index contributed by atoms with van der Waals surface area (Å²) in [6, 6.07) is -1.98. The van der Waals surface area contributed by atoms with Gasteiger partial charge in [-0.2, -0.15) is 0 Å². The fourth-order valence-electron chi connectivity index (χ4n) is 1.49. The van der Waals surface area contributed by atoms with Crippen molar-refractivity contribution in [3.63, 3.8) is 0 Å². The van der Waals surface area contributed by atoms with E-state index in [2.05, 4.69) is 5.32 Å². The van der Waals surface area contributed by atoms with Crippen LogP contribution in [0.25, 0.3) is 0 Å². The summed E-state index contributed by atoms with van der Waals surface area (Å²) >= 11 is 0. The second-order valence-electron chi connectivity index (χ2n) is 3.85. The molecule has 4 amide bonds. The number of nitrogens with one attached hydrogen (secondary N) is 1. The Labute approximate surface area is 104 Å². The lowest BCUT2D eigenvalue weighted by Gasteiger charge is -2.32. The third-order valence-corrected chi connectivity index (χ3v) is 2.65. The number of imide groups is 1. The number of nitrogens with zero attached hydrogens (tertiary/aromatic N) is 2. The molecule has 1 rings (SSSR count). The highest BCUT2D eigenvalue weighted by molar-refractivity contribution is 6.38. The predicted molar refractivity (Wildman–Crippen MR) is 59.6 cm³/mol. The number of aliphatic carboxylic acids is 1. The number of likely N-dealkylation sites (N-methyl/N-ethyl adjacent to an activating group) is 1. The Morgan fingerprint density at radius 2 is 1.94 bits per heavy atom. The average molecular weight is 257 g/mol. The molecule has 1 fully saturated rings. The number of hydrogen-bond acceptors (Lipinski definition) is 4. The van der Waals surface area contributed by atoms with Crippen LogP contribution in [-0.4, -0.2) is 64.4 Å². The maximum atomic E-state index is 11.6. The van der Waals surface area contributed by atoms with E-state index in [4.69, 9.17) is 5.11 Å². The molecular weight excluding hydrogens is 242 g/mol. The second-order valence-corrected chi connectivity index (χ2v) is 3.85. The van der Waals surface area contributed by atoms with Gasteiger partial charge >= 0.3 is 23.8 Å². The smallest absolute Gasteiger partial charge is 0.325 e. The average Bonchev–Trinajstić information content (AvgIpc) is 2.32. The van der Waals surface area contributed by atoms with Crippen LogP contribution in [-0.2, 0) is 14.4 Å². The summed E-state index contributed by atoms with van der Waals surface area (Å²) in [5.41, 5.74) is 0. The van der Waals surface area contributed by atoms with E-state index in [1.54, 1.807) is 6.92 Å². The van der Waals surface area contributed by atoms with Crippen molar-refractivity contribution in [2.24, 2.45) is 0 Å². The first-order valence-electron chi connectivity index (χ1n) is 5.52. The molecule has 8 heteroatoms. The topological polar surface area (TPSA) is 107 Å². The summed E-state index contributed by atoms with van der Waals surface area (Å²) in [6.07, 6.45) is 0. The van der Waals surface area contributed by atoms with Crippen LogP contribution in [0.3, 0.4) is 0 Å². The third-order valence-electron chi connectivity index (χ3n) is 2.65. The lowest BCUT2D eigenvalue weighted by atomic mass is 10.3. The summed E-state index contributed by atoms with van der Waals surface area (Å²) in [6.45, 7) is 3.72. The monoisotopic (exact) mass is 257 g/mol. The largest absolute Gasteiger partial charge is 0.480 e. The van der Waals surface area contributed by atoms with Crippen molar-refractivity contribution in [2.45, 2.75) is 19.9 Å². The first-order chi connectivity index (χ1) is 8.38. The number of hydrogen-bond donors (Lipinski definition) is 2. The third kappa shape index (κ3) is 2.76. The van der Waals surface area contributed by atoms with Crippen molar-refractivity contribution < 1.29 is 24.3 Å². The summed E-state index contributed by atoms with van der Waals surface area (Å²) in [5, 5.41) is 10.8. The first kappa shape index (κ1) is 13.9. The molecule has 8 nitrogen and oxygen atoms in total. The van der Waals surface area contributed by atoms with Crippen molar-refractivity contribution in [1.29, 1.82) is 0 Å². The minimum atomic E-state index is -1.21. The van der Waals surface area contributed by atoms with Crippen molar-refractivity contribution in [1.82, 2.24) is 15.1 Å². The van der Waals surface area contributed by atoms with Crippen LogP contribution in [0.2, 0.25) is 0 Å². The van der Waals surface area contributed by atoms with Gasteiger partial charge in [-0.15, -0.1) is 0 Å². The zero-order valence-corrected chi connectivity index (χ0v) is 10.2. The van der Waals surface area contributed by atoms with Gasteiger partial charge in [-0.05, 0) is 13.8 Å². The molecule has 1 aliphatic rings. The highest BCUT2D eigenvalue weighted by Gasteiger charge is 2.36. The summed E-state index contributed by atoms with van der Waals surface area (Å²) in [5.74, 6) is -2.89. The fraction of sp³-hybridized carbons (Fsp3) is 0.600. The number of carboxylic acid groups (broad SMARTS) is 1. The molecule has 18 heavy (non-hydrogen) atoms. The molecule has 0 radical (unpaired) electrons. The molecule has 2 N–H and O–H groups in total. The van der Waals surface area contributed by atoms with Gasteiger partial charge in [0.05, 0.1) is 0 Å². The molecule has 0 bridgehead atoms. The van der Waals surface area contributed by atoms with Gasteiger partial charge in [0, 0.05) is 19.6 Å². The van der Waals surface area contributed by atoms with Gasteiger partial charge in [0.1, 0.15) is 6.04 Å². The normalized spacial score (nSPS) is 17.7. The van der Waals surface area contributed by atoms with Crippen molar-refractivity contribution in [2.75, 3.05) is 19.6 Å². The van der Waals surface area contributed by atoms with Crippen LogP contribution in [0.5, 0.6) is 0 Å². The van der Waals surface area contributed by atoms with Crippen LogP contribution in [0.1, 0.15) is 13.8 Å². The molecule has 0 saturated carbocycles. The lowest BCUT2D eigenvalue weighted by Crippen LogP contribution is -2.59. The van der Waals surface area contributed by atoms with Gasteiger partial charge in [-0.25, -0.2) is 4.79 Å². The molecule has 100 valence electrons. The Hall–Kier alpha value is -2.12. The van der Waals surface area contributed by atoms with E-state index in [-0.39, 0.29) is 13.1 Å². The molecule has 0 aromatic heterocycles. The standard InChI is InChI=1S/C10H15N3O5/c1-3-12-4-5-13(8(15)7(12)14)10(18)11-6(2)9(16)17/h6H,3-5H2,1-2H3,(H,11,18)(H,16,17). The van der Waals surface area contributed by atoms with E-state index in [1.807, 2.05) is 0 Å². The Bertz CT molecular complexity index is 395. The maximum absolute atomic E-state index is 11.6. The van der Waals surface area contributed by atoms with E-state index in [0.717, 1.165) is 4.90 Å². The van der Waals surface area contributed by atoms with Gasteiger partial charge in [0.2, 0.25) is 0 Å². The molecule has 1 saturated heterocycles. The Morgan fingerprint density at radius 1 is 1.33 bits per heavy atom. The lowest BCUT2D eigenvalue weighted by molar-refractivity contribution is -0.153. The van der Waals surface area contributed by atoms with Crippen molar-refractivity contribution in [3.05, 3.63) is 0 Å². The van der Waals surface area contributed by atoms with Gasteiger partial charge in [0.25, 0.3) is 0 Å². The summed E-state index contributed by atoms with van der Waals surface area (Å²) in [4.78, 5) is 47.4. The van der Waals surface area contributed by atoms with Crippen LogP contribution in [0.4, 0.5) is 4.79 Å². The van der Waals surface area contributed by atoms with Crippen LogP contribution < -0.4 is 5.32 Å². The Kier molecular flexibility index (Phi) is 4.24. The quantitative estimate of drug-likeness (QED) is 0.621. The zero-order valence-electron chi connectivity index (χ0n) is 10.2. The second kappa shape index (κ2) is 5.48. The zero-order chi connectivity index (χ0) is 13.9. The molecule has 1 unspecified atom stereocenters. The molecule has 0 aliphatic carbocycles. The minimum Gasteiger partial charge on any atom is -0.480 e. The molecule has 0 spiro atoms. The minimum absolute atomic E-state index is 0.0661. The van der Waals surface area contributed by atoms with Crippen LogP contribution in [0, 0.1) is 0 Å². The number of rotatable bonds is 3. The van der Waals surface area contributed by atoms with E-state index in [1.165, 1.54) is 11.8 Å². The number of carbonyl (C=O) groups is 4. The molecular formula is C10H15N3O5. The fourth-order valence-corrected chi connectivity index (χ4v) is 1.49. The first-order valence-corrected chi connectivity index (χ1v) is 5.52. The number of carboxylic acids is 1. The number of amides is 4. The Balaban J connectivity index is 2.68. The number of urea groups is 1. The molecule has 1 heterocycles. The maximum Gasteiger partial charge on any atom is 0.325 e. The van der Waals surface area contributed by atoms with Crippen molar-refractivity contribution in [3.8, 4) is 0 Å². The van der Waals surface area contributed by atoms with Gasteiger partial charge in [-0.3, -0.25) is 19.3 Å². The highest BCUT2D eigenvalue weighted by Crippen LogP contribution is 2.05. The summed E-state index contributed by atoms with van der Waals surface area (Å²) < 4.78 is 0. The van der Waals surface area contributed by atoms with E-state index in [9.17, 15) is 19.2 Å². The van der Waals surface area contributed by atoms with Crippen LogP contribution >= 0.6 is 0 Å². The number of carbonyl (C=O) groups excluding carboxylic acids is 3. The number of piperazine rings is 1. The van der Waals surface area contributed by atoms with E-state index in [0.29, 0.717) is 6.54 Å². The van der Waals surface area contributed by atoms with Gasteiger partial charge in [-0.1, -0.05) is 0 Å². The predicted octanol–water partition coefficient (Wildman–Crippen LogP) is -1.14. The van der Waals surface area contributed by atoms with Crippen LogP contribution in [0.15, 0.2) is 0 Å². The van der Waals surface area contributed by atoms with Gasteiger partial charge in [0.15, 0.2) is 0 Å². The van der Waals surface area contributed by atoms with E-state index < -0.39 is 29.9 Å². The Morgan fingerprint density at radius 3 is 2.44 bits per heavy atom. The van der Waals surface area contributed by atoms with Gasteiger partial charge < -0.3 is 15.3 Å². The molecule has 1 atom stereocenters. The van der Waals surface area contributed by atoms with Crippen molar-refractivity contribution >= 4 is 23.8 Å². The molecule has 0 aromatic carbocycles. The van der Waals surface area contributed by atoms with E-state index >= 15 is 0 Å².